The zero-order chi connectivity index (χ0) is 19.8. The lowest BCUT2D eigenvalue weighted by Crippen LogP contribution is -2.17. The molecule has 1 saturated heterocycles. The average Bonchev–Trinajstić information content (AvgIpc) is 2.99. The maximum Gasteiger partial charge on any atom is 0.263 e. The third-order valence-electron chi connectivity index (χ3n) is 3.82. The van der Waals surface area contributed by atoms with Gasteiger partial charge in [0.1, 0.15) is 29.0 Å². The van der Waals surface area contributed by atoms with Crippen LogP contribution in [0.4, 0.5) is 0 Å². The van der Waals surface area contributed by atoms with Gasteiger partial charge in [0.2, 0.25) is 0 Å². The number of carbonyl (C=O) groups excluding carboxylic acids is 1. The van der Waals surface area contributed by atoms with Crippen LogP contribution in [0.2, 0.25) is 0 Å². The summed E-state index contributed by atoms with van der Waals surface area (Å²) in [6, 6.07) is 15.5. The highest BCUT2D eigenvalue weighted by atomic mass is 32.2. The molecule has 2 aromatic carbocycles. The van der Waals surface area contributed by atoms with E-state index in [1.165, 1.54) is 11.8 Å². The molecule has 2 aromatic rings. The minimum atomic E-state index is -0.179. The van der Waals surface area contributed by atoms with E-state index in [1.807, 2.05) is 55.5 Å². The SMILES string of the molecule is Cc1cccc(OCCOCCOc2ccccc2/C=C2\SC(=S)NC2=O)c1. The zero-order valence-corrected chi connectivity index (χ0v) is 17.1. The van der Waals surface area contributed by atoms with Crippen LogP contribution in [-0.2, 0) is 9.53 Å². The number of thioether (sulfide) groups is 1. The Morgan fingerprint density at radius 1 is 1.04 bits per heavy atom. The Hall–Kier alpha value is -2.35. The predicted molar refractivity (Wildman–Crippen MR) is 116 cm³/mol. The van der Waals surface area contributed by atoms with Gasteiger partial charge < -0.3 is 19.5 Å². The lowest BCUT2D eigenvalue weighted by Gasteiger charge is -2.10. The quantitative estimate of drug-likeness (QED) is 0.380. The van der Waals surface area contributed by atoms with Crippen molar-refractivity contribution >= 4 is 40.3 Å². The Kier molecular flexibility index (Phi) is 7.47. The molecule has 0 saturated carbocycles. The number of amides is 1. The zero-order valence-electron chi connectivity index (χ0n) is 15.5. The largest absolute Gasteiger partial charge is 0.491 e. The van der Waals surface area contributed by atoms with E-state index in [2.05, 4.69) is 5.32 Å². The first kappa shape index (κ1) is 20.4. The number of nitrogens with one attached hydrogen (secondary N) is 1. The second-order valence-electron chi connectivity index (χ2n) is 6.02. The third kappa shape index (κ3) is 6.09. The van der Waals surface area contributed by atoms with Gasteiger partial charge in [-0.15, -0.1) is 0 Å². The number of aryl methyl sites for hydroxylation is 1. The van der Waals surface area contributed by atoms with Gasteiger partial charge in [0.15, 0.2) is 0 Å². The molecule has 0 spiro atoms. The Bertz CT molecular complexity index is 882. The van der Waals surface area contributed by atoms with Crippen molar-refractivity contribution in [3.63, 3.8) is 0 Å². The fraction of sp³-hybridized carbons (Fsp3) is 0.238. The van der Waals surface area contributed by atoms with Crippen LogP contribution in [0, 0.1) is 6.92 Å². The third-order valence-corrected chi connectivity index (χ3v) is 4.98. The van der Waals surface area contributed by atoms with Crippen molar-refractivity contribution in [2.45, 2.75) is 6.92 Å². The number of para-hydroxylation sites is 1. The maximum atomic E-state index is 11.8. The lowest BCUT2D eigenvalue weighted by atomic mass is 10.2. The molecule has 3 rings (SSSR count). The summed E-state index contributed by atoms with van der Waals surface area (Å²) in [6.45, 7) is 3.85. The molecule has 0 aliphatic carbocycles. The number of benzene rings is 2. The van der Waals surface area contributed by atoms with Crippen molar-refractivity contribution in [3.8, 4) is 11.5 Å². The summed E-state index contributed by atoms with van der Waals surface area (Å²) in [4.78, 5) is 12.4. The molecule has 7 heteroatoms. The molecule has 1 fully saturated rings. The molecule has 1 aliphatic heterocycles. The number of hydrogen-bond donors (Lipinski definition) is 1. The molecule has 1 aliphatic rings. The van der Waals surface area contributed by atoms with Gasteiger partial charge >= 0.3 is 0 Å². The van der Waals surface area contributed by atoms with Gasteiger partial charge in [-0.25, -0.2) is 0 Å². The summed E-state index contributed by atoms with van der Waals surface area (Å²) in [5.74, 6) is 1.36. The van der Waals surface area contributed by atoms with Gasteiger partial charge in [-0.1, -0.05) is 54.3 Å². The van der Waals surface area contributed by atoms with Crippen molar-refractivity contribution in [1.82, 2.24) is 5.32 Å². The number of ether oxygens (including phenoxy) is 3. The predicted octanol–water partition coefficient (Wildman–Crippen LogP) is 3.96. The average molecular weight is 416 g/mol. The summed E-state index contributed by atoms with van der Waals surface area (Å²) in [5.41, 5.74) is 1.99. The number of thiocarbonyl (C=S) groups is 1. The molecule has 0 atom stereocenters. The van der Waals surface area contributed by atoms with E-state index in [0.29, 0.717) is 41.4 Å². The van der Waals surface area contributed by atoms with Gasteiger partial charge in [0, 0.05) is 5.56 Å². The van der Waals surface area contributed by atoms with E-state index in [0.717, 1.165) is 16.9 Å². The second kappa shape index (κ2) is 10.3. The standard InChI is InChI=1S/C21H21NO4S2/c1-15-5-4-7-17(13-15)25-11-9-24-10-12-26-18-8-3-2-6-16(18)14-19-20(23)22-21(27)28-19/h2-8,13-14H,9-12H2,1H3,(H,22,23,27)/b19-14-. The minimum absolute atomic E-state index is 0.179. The topological polar surface area (TPSA) is 56.8 Å². The van der Waals surface area contributed by atoms with Crippen molar-refractivity contribution in [2.75, 3.05) is 26.4 Å². The number of rotatable bonds is 9. The highest BCUT2D eigenvalue weighted by molar-refractivity contribution is 8.26. The van der Waals surface area contributed by atoms with Crippen LogP contribution in [0.25, 0.3) is 6.08 Å². The van der Waals surface area contributed by atoms with Crippen LogP contribution in [0.5, 0.6) is 11.5 Å². The van der Waals surface area contributed by atoms with Crippen LogP contribution < -0.4 is 14.8 Å². The maximum absolute atomic E-state index is 11.8. The van der Waals surface area contributed by atoms with Crippen LogP contribution in [-0.4, -0.2) is 36.7 Å². The molecule has 146 valence electrons. The summed E-state index contributed by atoms with van der Waals surface area (Å²) in [7, 11) is 0. The number of hydrogen-bond acceptors (Lipinski definition) is 6. The molecule has 0 bridgehead atoms. The molecule has 0 radical (unpaired) electrons. The molecule has 1 heterocycles. The van der Waals surface area contributed by atoms with Gasteiger partial charge in [-0.2, -0.15) is 0 Å². The summed E-state index contributed by atoms with van der Waals surface area (Å²) >= 11 is 6.26. The Labute approximate surface area is 174 Å². The van der Waals surface area contributed by atoms with Gasteiger partial charge in [0.25, 0.3) is 5.91 Å². The summed E-state index contributed by atoms with van der Waals surface area (Å²) < 4.78 is 17.5. The Morgan fingerprint density at radius 3 is 2.57 bits per heavy atom. The molecular weight excluding hydrogens is 394 g/mol. The highest BCUT2D eigenvalue weighted by Gasteiger charge is 2.22. The second-order valence-corrected chi connectivity index (χ2v) is 7.73. The van der Waals surface area contributed by atoms with Crippen LogP contribution >= 0.6 is 24.0 Å². The van der Waals surface area contributed by atoms with E-state index >= 15 is 0 Å². The van der Waals surface area contributed by atoms with E-state index in [-0.39, 0.29) is 5.91 Å². The van der Waals surface area contributed by atoms with E-state index < -0.39 is 0 Å². The van der Waals surface area contributed by atoms with Crippen molar-refractivity contribution in [1.29, 1.82) is 0 Å². The normalized spacial score (nSPS) is 15.0. The van der Waals surface area contributed by atoms with E-state index in [9.17, 15) is 4.79 Å². The van der Waals surface area contributed by atoms with Gasteiger partial charge in [-0.05, 0) is 36.8 Å². The van der Waals surface area contributed by atoms with Gasteiger partial charge in [0.05, 0.1) is 18.1 Å². The van der Waals surface area contributed by atoms with Crippen molar-refractivity contribution in [2.24, 2.45) is 0 Å². The molecule has 0 aromatic heterocycles. The Balaban J connectivity index is 1.41. The molecule has 28 heavy (non-hydrogen) atoms. The van der Waals surface area contributed by atoms with Crippen LogP contribution in [0.3, 0.4) is 0 Å². The monoisotopic (exact) mass is 415 g/mol. The fourth-order valence-electron chi connectivity index (χ4n) is 2.53. The first-order valence-corrected chi connectivity index (χ1v) is 10.1. The molecule has 5 nitrogen and oxygen atoms in total. The van der Waals surface area contributed by atoms with Crippen molar-refractivity contribution in [3.05, 3.63) is 64.6 Å². The first-order chi connectivity index (χ1) is 13.6. The van der Waals surface area contributed by atoms with Crippen LogP contribution in [0.1, 0.15) is 11.1 Å². The van der Waals surface area contributed by atoms with E-state index in [1.54, 1.807) is 6.08 Å². The summed E-state index contributed by atoms with van der Waals surface area (Å²) in [6.07, 6.45) is 1.78. The molecule has 1 N–H and O–H groups in total. The summed E-state index contributed by atoms with van der Waals surface area (Å²) in [5, 5.41) is 2.61. The smallest absolute Gasteiger partial charge is 0.263 e. The lowest BCUT2D eigenvalue weighted by molar-refractivity contribution is -0.115. The van der Waals surface area contributed by atoms with E-state index in [4.69, 9.17) is 26.4 Å². The van der Waals surface area contributed by atoms with Crippen LogP contribution in [0.15, 0.2) is 53.4 Å². The molecule has 1 amide bonds. The molecule has 0 unspecified atom stereocenters. The Morgan fingerprint density at radius 2 is 1.82 bits per heavy atom. The minimum Gasteiger partial charge on any atom is -0.491 e. The van der Waals surface area contributed by atoms with Gasteiger partial charge in [-0.3, -0.25) is 4.79 Å². The van der Waals surface area contributed by atoms with Crippen molar-refractivity contribution < 1.29 is 19.0 Å². The fourth-order valence-corrected chi connectivity index (χ4v) is 3.56. The first-order valence-electron chi connectivity index (χ1n) is 8.86. The highest BCUT2D eigenvalue weighted by Crippen LogP contribution is 2.29. The molecular formula is C21H21NO4S2. The number of carbonyl (C=O) groups is 1.